The molecule has 1 aromatic carbocycles. The van der Waals surface area contributed by atoms with E-state index in [1.807, 2.05) is 30.3 Å². The molecule has 0 aromatic heterocycles. The van der Waals surface area contributed by atoms with Crippen LogP contribution in [0.15, 0.2) is 30.3 Å². The normalized spacial score (nSPS) is 17.2. The van der Waals surface area contributed by atoms with Gasteiger partial charge >= 0.3 is 0 Å². The molecule has 2 rings (SSSR count). The standard InChI is InChI=1S/C16H24BrNO2/c17-9-14-20-16-7-11-18(12-8-16)10-4-13-19-15-5-2-1-3-6-15/h1-3,5-6,16H,4,7-14H2. The zero-order chi connectivity index (χ0) is 14.0. The predicted octanol–water partition coefficient (Wildman–Crippen LogP) is 3.33. The van der Waals surface area contributed by atoms with Crippen LogP contribution in [0.4, 0.5) is 0 Å². The van der Waals surface area contributed by atoms with Gasteiger partial charge in [0.25, 0.3) is 0 Å². The molecule has 3 nitrogen and oxygen atoms in total. The number of para-hydroxylation sites is 1. The van der Waals surface area contributed by atoms with E-state index in [4.69, 9.17) is 9.47 Å². The summed E-state index contributed by atoms with van der Waals surface area (Å²) in [4.78, 5) is 2.52. The maximum absolute atomic E-state index is 5.77. The van der Waals surface area contributed by atoms with Crippen LogP contribution in [-0.4, -0.2) is 49.2 Å². The molecule has 0 unspecified atom stereocenters. The van der Waals surface area contributed by atoms with E-state index in [0.717, 1.165) is 63.2 Å². The third kappa shape index (κ3) is 5.81. The quantitative estimate of drug-likeness (QED) is 0.534. The summed E-state index contributed by atoms with van der Waals surface area (Å²) in [5.74, 6) is 0.967. The Morgan fingerprint density at radius 3 is 2.55 bits per heavy atom. The fourth-order valence-electron chi connectivity index (χ4n) is 2.51. The molecule has 0 saturated carbocycles. The van der Waals surface area contributed by atoms with Crippen molar-refractivity contribution in [1.29, 1.82) is 0 Å². The highest BCUT2D eigenvalue weighted by Gasteiger charge is 2.18. The van der Waals surface area contributed by atoms with Crippen LogP contribution >= 0.6 is 15.9 Å². The average molecular weight is 342 g/mol. The second kappa shape index (κ2) is 9.37. The van der Waals surface area contributed by atoms with Crippen LogP contribution in [0.1, 0.15) is 19.3 Å². The minimum atomic E-state index is 0.462. The van der Waals surface area contributed by atoms with Crippen molar-refractivity contribution in [3.05, 3.63) is 30.3 Å². The van der Waals surface area contributed by atoms with Crippen LogP contribution in [-0.2, 0) is 4.74 Å². The summed E-state index contributed by atoms with van der Waals surface area (Å²) >= 11 is 3.40. The lowest BCUT2D eigenvalue weighted by Gasteiger charge is -2.31. The smallest absolute Gasteiger partial charge is 0.119 e. The minimum absolute atomic E-state index is 0.462. The summed E-state index contributed by atoms with van der Waals surface area (Å²) in [5, 5.41) is 0.935. The minimum Gasteiger partial charge on any atom is -0.494 e. The van der Waals surface area contributed by atoms with Gasteiger partial charge in [0.1, 0.15) is 5.75 Å². The van der Waals surface area contributed by atoms with Crippen molar-refractivity contribution in [1.82, 2.24) is 4.90 Å². The number of piperidine rings is 1. The van der Waals surface area contributed by atoms with E-state index in [9.17, 15) is 0 Å². The summed E-state index contributed by atoms with van der Waals surface area (Å²) in [7, 11) is 0. The number of ether oxygens (including phenoxy) is 2. The largest absolute Gasteiger partial charge is 0.494 e. The van der Waals surface area contributed by atoms with E-state index in [0.29, 0.717) is 6.10 Å². The molecule has 0 atom stereocenters. The molecule has 1 aliphatic heterocycles. The molecule has 1 fully saturated rings. The first-order chi connectivity index (χ1) is 9.88. The van der Waals surface area contributed by atoms with Gasteiger partial charge < -0.3 is 14.4 Å². The Kier molecular flexibility index (Phi) is 7.41. The summed E-state index contributed by atoms with van der Waals surface area (Å²) in [6.45, 7) is 5.05. The lowest BCUT2D eigenvalue weighted by Crippen LogP contribution is -2.38. The molecule has 1 heterocycles. The van der Waals surface area contributed by atoms with Gasteiger partial charge in [-0.05, 0) is 31.4 Å². The van der Waals surface area contributed by atoms with Crippen molar-refractivity contribution >= 4 is 15.9 Å². The highest BCUT2D eigenvalue weighted by molar-refractivity contribution is 9.09. The van der Waals surface area contributed by atoms with E-state index in [1.165, 1.54) is 0 Å². The molecule has 0 aliphatic carbocycles. The third-order valence-electron chi connectivity index (χ3n) is 3.60. The second-order valence-corrected chi connectivity index (χ2v) is 5.91. The molecular formula is C16H24BrNO2. The number of nitrogens with zero attached hydrogens (tertiary/aromatic N) is 1. The van der Waals surface area contributed by atoms with E-state index in [-0.39, 0.29) is 0 Å². The lowest BCUT2D eigenvalue weighted by molar-refractivity contribution is 0.0151. The Balaban J connectivity index is 1.53. The fraction of sp³-hybridized carbons (Fsp3) is 0.625. The maximum Gasteiger partial charge on any atom is 0.119 e. The molecule has 1 aromatic rings. The number of likely N-dealkylation sites (tertiary alicyclic amines) is 1. The molecule has 0 radical (unpaired) electrons. The Morgan fingerprint density at radius 1 is 1.10 bits per heavy atom. The summed E-state index contributed by atoms with van der Waals surface area (Å²) in [6.07, 6.45) is 3.87. The van der Waals surface area contributed by atoms with Gasteiger partial charge in [0.15, 0.2) is 0 Å². The molecule has 20 heavy (non-hydrogen) atoms. The van der Waals surface area contributed by atoms with Crippen LogP contribution in [0.3, 0.4) is 0 Å². The Hall–Kier alpha value is -0.580. The van der Waals surface area contributed by atoms with Crippen molar-refractivity contribution in [3.63, 3.8) is 0 Å². The van der Waals surface area contributed by atoms with Gasteiger partial charge in [-0.15, -0.1) is 0 Å². The zero-order valence-corrected chi connectivity index (χ0v) is 13.6. The highest BCUT2D eigenvalue weighted by atomic mass is 79.9. The SMILES string of the molecule is BrCCOC1CCN(CCCOc2ccccc2)CC1. The third-order valence-corrected chi connectivity index (χ3v) is 3.92. The van der Waals surface area contributed by atoms with Gasteiger partial charge in [0.2, 0.25) is 0 Å². The first-order valence-corrected chi connectivity index (χ1v) is 8.58. The average Bonchev–Trinajstić information content (AvgIpc) is 2.52. The summed E-state index contributed by atoms with van der Waals surface area (Å²) < 4.78 is 11.5. The van der Waals surface area contributed by atoms with Gasteiger partial charge in [-0.1, -0.05) is 34.1 Å². The molecule has 0 spiro atoms. The van der Waals surface area contributed by atoms with Gasteiger partial charge in [-0.25, -0.2) is 0 Å². The van der Waals surface area contributed by atoms with Gasteiger partial charge in [-0.3, -0.25) is 0 Å². The van der Waals surface area contributed by atoms with Crippen LogP contribution in [0, 0.1) is 0 Å². The van der Waals surface area contributed by atoms with Crippen molar-refractivity contribution in [2.24, 2.45) is 0 Å². The van der Waals surface area contributed by atoms with Crippen LogP contribution in [0.2, 0.25) is 0 Å². The number of hydrogen-bond acceptors (Lipinski definition) is 3. The number of benzene rings is 1. The zero-order valence-electron chi connectivity index (χ0n) is 12.0. The van der Waals surface area contributed by atoms with E-state index in [1.54, 1.807) is 0 Å². The fourth-order valence-corrected chi connectivity index (χ4v) is 2.69. The lowest BCUT2D eigenvalue weighted by atomic mass is 10.1. The van der Waals surface area contributed by atoms with Crippen molar-refractivity contribution in [2.75, 3.05) is 38.2 Å². The predicted molar refractivity (Wildman–Crippen MR) is 85.8 cm³/mol. The van der Waals surface area contributed by atoms with Gasteiger partial charge in [0, 0.05) is 25.0 Å². The molecule has 0 N–H and O–H groups in total. The Bertz CT molecular complexity index is 353. The molecule has 0 amide bonds. The first-order valence-electron chi connectivity index (χ1n) is 7.46. The Morgan fingerprint density at radius 2 is 1.85 bits per heavy atom. The number of hydrogen-bond donors (Lipinski definition) is 0. The highest BCUT2D eigenvalue weighted by Crippen LogP contribution is 2.14. The van der Waals surface area contributed by atoms with Crippen molar-refractivity contribution in [3.8, 4) is 5.75 Å². The number of halogens is 1. The first kappa shape index (κ1) is 15.8. The molecule has 1 saturated heterocycles. The van der Waals surface area contributed by atoms with Crippen molar-refractivity contribution < 1.29 is 9.47 Å². The van der Waals surface area contributed by atoms with Gasteiger partial charge in [0.05, 0.1) is 19.3 Å². The van der Waals surface area contributed by atoms with Gasteiger partial charge in [-0.2, -0.15) is 0 Å². The Labute approximate surface area is 130 Å². The molecule has 4 heteroatoms. The van der Waals surface area contributed by atoms with Crippen LogP contribution in [0.5, 0.6) is 5.75 Å². The molecule has 0 bridgehead atoms. The summed E-state index contributed by atoms with van der Waals surface area (Å²) in [6, 6.07) is 10.0. The van der Waals surface area contributed by atoms with E-state index < -0.39 is 0 Å². The maximum atomic E-state index is 5.77. The molecule has 112 valence electrons. The summed E-state index contributed by atoms with van der Waals surface area (Å²) in [5.41, 5.74) is 0. The molecular weight excluding hydrogens is 318 g/mol. The number of rotatable bonds is 8. The topological polar surface area (TPSA) is 21.7 Å². The number of alkyl halides is 1. The van der Waals surface area contributed by atoms with Crippen molar-refractivity contribution in [2.45, 2.75) is 25.4 Å². The van der Waals surface area contributed by atoms with E-state index >= 15 is 0 Å². The van der Waals surface area contributed by atoms with Crippen LogP contribution < -0.4 is 4.74 Å². The van der Waals surface area contributed by atoms with Crippen LogP contribution in [0.25, 0.3) is 0 Å². The monoisotopic (exact) mass is 341 g/mol. The van der Waals surface area contributed by atoms with E-state index in [2.05, 4.69) is 20.8 Å². The molecule has 1 aliphatic rings. The second-order valence-electron chi connectivity index (χ2n) is 5.12.